The van der Waals surface area contributed by atoms with Crippen molar-refractivity contribution >= 4 is 46.2 Å². The second kappa shape index (κ2) is 9.23. The first-order valence-corrected chi connectivity index (χ1v) is 10.1. The van der Waals surface area contributed by atoms with Gasteiger partial charge in [0.05, 0.1) is 12.0 Å². The van der Waals surface area contributed by atoms with Gasteiger partial charge in [-0.2, -0.15) is 0 Å². The largest absolute Gasteiger partial charge is 0.493 e. The molecule has 0 atom stereocenters. The fourth-order valence-corrected chi connectivity index (χ4v) is 4.17. The Bertz CT molecular complexity index is 773. The second-order valence-corrected chi connectivity index (χ2v) is 8.17. The van der Waals surface area contributed by atoms with Crippen molar-refractivity contribution in [2.24, 2.45) is 0 Å². The molecule has 144 valence electrons. The molecule has 2 N–H and O–H groups in total. The molecular weight excluding hydrogens is 384 g/mol. The average molecular weight is 407 g/mol. The van der Waals surface area contributed by atoms with Crippen molar-refractivity contribution in [2.45, 2.75) is 38.1 Å². The van der Waals surface area contributed by atoms with E-state index in [0.29, 0.717) is 20.7 Å². The van der Waals surface area contributed by atoms with Crippen molar-refractivity contribution in [3.05, 3.63) is 28.7 Å². The van der Waals surface area contributed by atoms with E-state index in [1.807, 2.05) is 0 Å². The lowest BCUT2D eigenvalue weighted by Gasteiger charge is -2.22. The van der Waals surface area contributed by atoms with Crippen LogP contribution in [0.25, 0.3) is 6.08 Å². The summed E-state index contributed by atoms with van der Waals surface area (Å²) in [6, 6.07) is 5.55. The molecule has 2 amide bonds. The molecule has 1 saturated carbocycles. The Hall–Kier alpha value is -2.06. The molecule has 1 aromatic carbocycles. The average Bonchev–Trinajstić information content (AvgIpc) is 2.98. The molecule has 6 nitrogen and oxygen atoms in total. The van der Waals surface area contributed by atoms with Crippen LogP contribution in [0.4, 0.5) is 0 Å². The van der Waals surface area contributed by atoms with Crippen molar-refractivity contribution in [3.63, 3.8) is 0 Å². The summed E-state index contributed by atoms with van der Waals surface area (Å²) in [6.45, 7) is -0.0557. The van der Waals surface area contributed by atoms with Crippen molar-refractivity contribution in [1.29, 1.82) is 0 Å². The van der Waals surface area contributed by atoms with E-state index in [0.717, 1.165) is 31.2 Å². The van der Waals surface area contributed by atoms with Gasteiger partial charge in [0.25, 0.3) is 11.8 Å². The molecule has 1 aliphatic carbocycles. The number of hydrogen-bond donors (Lipinski definition) is 2. The number of methoxy groups -OCH3 is 1. The molecule has 1 aliphatic heterocycles. The smallest absolute Gasteiger partial charge is 0.263 e. The summed E-state index contributed by atoms with van der Waals surface area (Å²) >= 11 is 6.21. The number of amides is 2. The molecule has 1 saturated heterocycles. The molecule has 3 rings (SSSR count). The summed E-state index contributed by atoms with van der Waals surface area (Å²) in [6.07, 6.45) is 7.38. The second-order valence-electron chi connectivity index (χ2n) is 6.45. The first-order chi connectivity index (χ1) is 13.0. The van der Waals surface area contributed by atoms with Crippen molar-refractivity contribution in [3.8, 4) is 11.5 Å². The maximum Gasteiger partial charge on any atom is 0.263 e. The molecule has 0 bridgehead atoms. The van der Waals surface area contributed by atoms with Crippen LogP contribution in [0, 0.1) is 0 Å². The predicted octanol–water partition coefficient (Wildman–Crippen LogP) is 3.01. The number of carbonyl (C=O) groups is 2. The van der Waals surface area contributed by atoms with E-state index in [9.17, 15) is 9.59 Å². The Balaban J connectivity index is 1.60. The monoisotopic (exact) mass is 406 g/mol. The van der Waals surface area contributed by atoms with Crippen LogP contribution >= 0.6 is 24.0 Å². The van der Waals surface area contributed by atoms with Crippen LogP contribution in [0.3, 0.4) is 0 Å². The molecule has 0 unspecified atom stereocenters. The van der Waals surface area contributed by atoms with E-state index >= 15 is 0 Å². The highest BCUT2D eigenvalue weighted by atomic mass is 32.2. The number of hydrogen-bond acceptors (Lipinski definition) is 6. The Morgan fingerprint density at radius 3 is 2.78 bits per heavy atom. The van der Waals surface area contributed by atoms with Gasteiger partial charge in [0, 0.05) is 6.04 Å². The number of rotatable bonds is 6. The van der Waals surface area contributed by atoms with Crippen LogP contribution in [0.5, 0.6) is 11.5 Å². The molecule has 0 aromatic heterocycles. The number of thioether (sulfide) groups is 1. The zero-order valence-corrected chi connectivity index (χ0v) is 16.7. The van der Waals surface area contributed by atoms with E-state index in [-0.39, 0.29) is 24.5 Å². The lowest BCUT2D eigenvalue weighted by Crippen LogP contribution is -2.39. The Morgan fingerprint density at radius 2 is 2.11 bits per heavy atom. The van der Waals surface area contributed by atoms with Crippen molar-refractivity contribution in [1.82, 2.24) is 10.6 Å². The minimum atomic E-state index is -0.205. The standard InChI is InChI=1S/C19H22N2O4S2/c1-24-15-9-12(10-16-18(23)21-19(26)27-16)7-8-14(15)25-11-17(22)20-13-5-3-2-4-6-13/h7-10,13H,2-6,11H2,1H3,(H,20,22)(H,21,23,26). The highest BCUT2D eigenvalue weighted by Crippen LogP contribution is 2.31. The van der Waals surface area contributed by atoms with Gasteiger partial charge in [-0.15, -0.1) is 0 Å². The normalized spacial score (nSPS) is 19.1. The van der Waals surface area contributed by atoms with Gasteiger partial charge >= 0.3 is 0 Å². The molecule has 1 heterocycles. The highest BCUT2D eigenvalue weighted by molar-refractivity contribution is 8.26. The zero-order chi connectivity index (χ0) is 19.2. The van der Waals surface area contributed by atoms with E-state index in [2.05, 4.69) is 10.6 Å². The van der Waals surface area contributed by atoms with Crippen LogP contribution < -0.4 is 20.1 Å². The topological polar surface area (TPSA) is 76.7 Å². The predicted molar refractivity (Wildman–Crippen MR) is 110 cm³/mol. The number of carbonyl (C=O) groups excluding carboxylic acids is 2. The van der Waals surface area contributed by atoms with Crippen LogP contribution in [0.15, 0.2) is 23.1 Å². The summed E-state index contributed by atoms with van der Waals surface area (Å²) in [7, 11) is 1.54. The molecule has 2 aliphatic rings. The minimum Gasteiger partial charge on any atom is -0.493 e. The van der Waals surface area contributed by atoms with Gasteiger partial charge in [0.1, 0.15) is 4.32 Å². The van der Waals surface area contributed by atoms with Crippen LogP contribution in [0.2, 0.25) is 0 Å². The van der Waals surface area contributed by atoms with E-state index in [1.54, 1.807) is 24.3 Å². The van der Waals surface area contributed by atoms with Gasteiger partial charge in [-0.1, -0.05) is 49.3 Å². The molecular formula is C19H22N2O4S2. The number of ether oxygens (including phenoxy) is 2. The summed E-state index contributed by atoms with van der Waals surface area (Å²) in [4.78, 5) is 24.4. The van der Waals surface area contributed by atoms with E-state index in [1.165, 1.54) is 25.3 Å². The quantitative estimate of drug-likeness (QED) is 0.559. The van der Waals surface area contributed by atoms with Gasteiger partial charge in [-0.3, -0.25) is 9.59 Å². The van der Waals surface area contributed by atoms with Gasteiger partial charge in [0.2, 0.25) is 0 Å². The number of thiocarbonyl (C=S) groups is 1. The van der Waals surface area contributed by atoms with Gasteiger partial charge in [-0.25, -0.2) is 0 Å². The third-order valence-electron chi connectivity index (χ3n) is 4.46. The number of nitrogens with one attached hydrogen (secondary N) is 2. The first kappa shape index (κ1) is 19.7. The van der Waals surface area contributed by atoms with Crippen LogP contribution in [-0.4, -0.2) is 35.9 Å². The molecule has 1 aromatic rings. The van der Waals surface area contributed by atoms with E-state index < -0.39 is 0 Å². The van der Waals surface area contributed by atoms with Gasteiger partial charge in [-0.05, 0) is 36.6 Å². The van der Waals surface area contributed by atoms with Crippen molar-refractivity contribution in [2.75, 3.05) is 13.7 Å². The Labute approximate surface area is 168 Å². The highest BCUT2D eigenvalue weighted by Gasteiger charge is 2.22. The molecule has 27 heavy (non-hydrogen) atoms. The maximum atomic E-state index is 12.1. The summed E-state index contributed by atoms with van der Waals surface area (Å²) in [5, 5.41) is 5.60. The fraction of sp³-hybridized carbons (Fsp3) is 0.421. The zero-order valence-electron chi connectivity index (χ0n) is 15.1. The molecule has 8 heteroatoms. The van der Waals surface area contributed by atoms with Crippen molar-refractivity contribution < 1.29 is 19.1 Å². The first-order valence-electron chi connectivity index (χ1n) is 8.90. The van der Waals surface area contributed by atoms with E-state index in [4.69, 9.17) is 21.7 Å². The Kier molecular flexibility index (Phi) is 6.73. The van der Waals surface area contributed by atoms with Gasteiger partial charge in [0.15, 0.2) is 18.1 Å². The van der Waals surface area contributed by atoms with Crippen LogP contribution in [0.1, 0.15) is 37.7 Å². The fourth-order valence-electron chi connectivity index (χ4n) is 3.13. The van der Waals surface area contributed by atoms with Crippen LogP contribution in [-0.2, 0) is 9.59 Å². The summed E-state index contributed by atoms with van der Waals surface area (Å²) in [5.41, 5.74) is 0.785. The summed E-state index contributed by atoms with van der Waals surface area (Å²) < 4.78 is 11.4. The third kappa shape index (κ3) is 5.46. The Morgan fingerprint density at radius 1 is 1.33 bits per heavy atom. The number of benzene rings is 1. The molecule has 0 spiro atoms. The summed E-state index contributed by atoms with van der Waals surface area (Å²) in [5.74, 6) is 0.657. The SMILES string of the molecule is COc1cc(C=C2SC(=S)NC2=O)ccc1OCC(=O)NC1CCCCC1. The third-order valence-corrected chi connectivity index (χ3v) is 5.62. The molecule has 2 fully saturated rings. The maximum absolute atomic E-state index is 12.1. The molecule has 0 radical (unpaired) electrons. The lowest BCUT2D eigenvalue weighted by atomic mass is 9.95. The van der Waals surface area contributed by atoms with Gasteiger partial charge < -0.3 is 20.1 Å². The minimum absolute atomic E-state index is 0.0557. The lowest BCUT2D eigenvalue weighted by molar-refractivity contribution is -0.124.